The van der Waals surface area contributed by atoms with Gasteiger partial charge < -0.3 is 9.88 Å². The fourth-order valence-electron chi connectivity index (χ4n) is 1.60. The lowest BCUT2D eigenvalue weighted by Gasteiger charge is -2.14. The van der Waals surface area contributed by atoms with E-state index >= 15 is 0 Å². The maximum absolute atomic E-state index is 4.32. The smallest absolute Gasteiger partial charge is 0.203 e. The summed E-state index contributed by atoms with van der Waals surface area (Å²) in [4.78, 5) is 8.59. The Morgan fingerprint density at radius 2 is 2.19 bits per heavy atom. The van der Waals surface area contributed by atoms with Gasteiger partial charge in [-0.15, -0.1) is 0 Å². The van der Waals surface area contributed by atoms with Crippen LogP contribution in [0, 0.1) is 0 Å². The van der Waals surface area contributed by atoms with E-state index in [-0.39, 0.29) is 6.04 Å². The zero-order chi connectivity index (χ0) is 11.4. The van der Waals surface area contributed by atoms with Gasteiger partial charge in [0.05, 0.1) is 11.7 Å². The fourth-order valence-corrected chi connectivity index (χ4v) is 1.60. The molecule has 4 nitrogen and oxygen atoms in total. The first-order chi connectivity index (χ1) is 7.81. The summed E-state index contributed by atoms with van der Waals surface area (Å²) < 4.78 is 2.07. The highest BCUT2D eigenvalue weighted by molar-refractivity contribution is 5.30. The lowest BCUT2D eigenvalue weighted by Crippen LogP contribution is -2.12. The second kappa shape index (κ2) is 4.79. The van der Waals surface area contributed by atoms with Crippen LogP contribution in [0.2, 0.25) is 0 Å². The molecule has 0 bridgehead atoms. The van der Waals surface area contributed by atoms with Crippen LogP contribution in [0.5, 0.6) is 0 Å². The average molecular weight is 216 g/mol. The number of nitrogens with zero attached hydrogens (tertiary/aromatic N) is 3. The maximum Gasteiger partial charge on any atom is 0.203 e. The number of imidazole rings is 1. The van der Waals surface area contributed by atoms with Crippen molar-refractivity contribution in [3.05, 3.63) is 42.5 Å². The molecule has 0 aliphatic carbocycles. The van der Waals surface area contributed by atoms with Gasteiger partial charge in [-0.2, -0.15) is 0 Å². The van der Waals surface area contributed by atoms with Gasteiger partial charge in [0.1, 0.15) is 0 Å². The van der Waals surface area contributed by atoms with Crippen LogP contribution in [-0.4, -0.2) is 14.5 Å². The van der Waals surface area contributed by atoms with Crippen LogP contribution in [0.25, 0.3) is 0 Å². The minimum Gasteiger partial charge on any atom is -0.348 e. The summed E-state index contributed by atoms with van der Waals surface area (Å²) in [6.07, 6.45) is 5.57. The van der Waals surface area contributed by atoms with Gasteiger partial charge in [-0.25, -0.2) is 4.98 Å². The Labute approximate surface area is 95.4 Å². The summed E-state index contributed by atoms with van der Waals surface area (Å²) in [5.74, 6) is 0.889. The Kier molecular flexibility index (Phi) is 3.19. The van der Waals surface area contributed by atoms with Crippen molar-refractivity contribution in [2.45, 2.75) is 26.4 Å². The minimum atomic E-state index is 0.161. The second-order valence-electron chi connectivity index (χ2n) is 3.66. The summed E-state index contributed by atoms with van der Waals surface area (Å²) in [5, 5.41) is 3.35. The molecule has 0 aromatic carbocycles. The first-order valence-corrected chi connectivity index (χ1v) is 5.50. The first-order valence-electron chi connectivity index (χ1n) is 5.50. The molecular weight excluding hydrogens is 200 g/mol. The quantitative estimate of drug-likeness (QED) is 0.853. The van der Waals surface area contributed by atoms with Crippen LogP contribution >= 0.6 is 0 Å². The van der Waals surface area contributed by atoms with Crippen molar-refractivity contribution in [1.82, 2.24) is 14.5 Å². The number of rotatable bonds is 4. The lowest BCUT2D eigenvalue weighted by molar-refractivity contribution is 0.737. The highest BCUT2D eigenvalue weighted by Crippen LogP contribution is 2.15. The van der Waals surface area contributed by atoms with Crippen molar-refractivity contribution in [3.8, 4) is 0 Å². The summed E-state index contributed by atoms with van der Waals surface area (Å²) in [6.45, 7) is 5.09. The molecule has 0 aliphatic rings. The zero-order valence-electron chi connectivity index (χ0n) is 9.59. The van der Waals surface area contributed by atoms with Crippen LogP contribution in [0.1, 0.15) is 25.6 Å². The Hall–Kier alpha value is -1.84. The Morgan fingerprint density at radius 3 is 2.88 bits per heavy atom. The minimum absolute atomic E-state index is 0.161. The monoisotopic (exact) mass is 216 g/mol. The SMILES string of the molecule is CCn1ccnc1NC(C)c1ccccn1. The molecule has 0 saturated carbocycles. The molecule has 0 spiro atoms. The molecule has 2 aromatic heterocycles. The van der Waals surface area contributed by atoms with Crippen LogP contribution < -0.4 is 5.32 Å². The summed E-state index contributed by atoms with van der Waals surface area (Å²) in [5.41, 5.74) is 1.02. The highest BCUT2D eigenvalue weighted by atomic mass is 15.2. The molecule has 0 radical (unpaired) electrons. The lowest BCUT2D eigenvalue weighted by atomic mass is 10.2. The number of pyridine rings is 1. The third-order valence-corrected chi connectivity index (χ3v) is 2.53. The van der Waals surface area contributed by atoms with Gasteiger partial charge in [-0.3, -0.25) is 4.98 Å². The van der Waals surface area contributed by atoms with Crippen molar-refractivity contribution in [3.63, 3.8) is 0 Å². The largest absolute Gasteiger partial charge is 0.348 e. The standard InChI is InChI=1S/C12H16N4/c1-3-16-9-8-14-12(16)15-10(2)11-6-4-5-7-13-11/h4-10H,3H2,1-2H3,(H,14,15). The predicted octanol–water partition coefficient (Wildman–Crippen LogP) is 2.47. The van der Waals surface area contributed by atoms with E-state index in [0.717, 1.165) is 18.2 Å². The third-order valence-electron chi connectivity index (χ3n) is 2.53. The Morgan fingerprint density at radius 1 is 1.31 bits per heavy atom. The molecular formula is C12H16N4. The average Bonchev–Trinajstić information content (AvgIpc) is 2.77. The molecule has 84 valence electrons. The predicted molar refractivity (Wildman–Crippen MR) is 64.2 cm³/mol. The topological polar surface area (TPSA) is 42.7 Å². The molecule has 1 atom stereocenters. The molecule has 0 amide bonds. The number of anilines is 1. The van der Waals surface area contributed by atoms with E-state index in [2.05, 4.69) is 33.7 Å². The van der Waals surface area contributed by atoms with E-state index in [1.165, 1.54) is 0 Å². The summed E-state index contributed by atoms with van der Waals surface area (Å²) >= 11 is 0. The van der Waals surface area contributed by atoms with Crippen LogP contribution in [0.4, 0.5) is 5.95 Å². The number of nitrogens with one attached hydrogen (secondary N) is 1. The van der Waals surface area contributed by atoms with Crippen LogP contribution in [0.15, 0.2) is 36.8 Å². The van der Waals surface area contributed by atoms with Crippen molar-refractivity contribution < 1.29 is 0 Å². The van der Waals surface area contributed by atoms with E-state index in [1.807, 2.05) is 24.4 Å². The number of aromatic nitrogens is 3. The second-order valence-corrected chi connectivity index (χ2v) is 3.66. The van der Waals surface area contributed by atoms with Crippen LogP contribution in [0.3, 0.4) is 0 Å². The molecule has 1 unspecified atom stereocenters. The van der Waals surface area contributed by atoms with Gasteiger partial charge in [0.2, 0.25) is 5.95 Å². The van der Waals surface area contributed by atoms with E-state index in [9.17, 15) is 0 Å². The van der Waals surface area contributed by atoms with Crippen molar-refractivity contribution in [1.29, 1.82) is 0 Å². The van der Waals surface area contributed by atoms with Gasteiger partial charge in [-0.05, 0) is 26.0 Å². The van der Waals surface area contributed by atoms with E-state index in [0.29, 0.717) is 0 Å². The van der Waals surface area contributed by atoms with E-state index < -0.39 is 0 Å². The summed E-state index contributed by atoms with van der Waals surface area (Å²) in [7, 11) is 0. The van der Waals surface area contributed by atoms with E-state index in [1.54, 1.807) is 12.4 Å². The molecule has 16 heavy (non-hydrogen) atoms. The third kappa shape index (κ3) is 2.21. The van der Waals surface area contributed by atoms with Gasteiger partial charge in [-0.1, -0.05) is 6.07 Å². The molecule has 4 heteroatoms. The highest BCUT2D eigenvalue weighted by Gasteiger charge is 2.08. The van der Waals surface area contributed by atoms with Crippen molar-refractivity contribution in [2.24, 2.45) is 0 Å². The van der Waals surface area contributed by atoms with Gasteiger partial charge in [0, 0.05) is 25.1 Å². The zero-order valence-corrected chi connectivity index (χ0v) is 9.59. The molecule has 2 rings (SSSR count). The molecule has 0 saturated heterocycles. The normalized spacial score (nSPS) is 12.4. The molecule has 1 N–H and O–H groups in total. The maximum atomic E-state index is 4.32. The molecule has 2 heterocycles. The van der Waals surface area contributed by atoms with Crippen molar-refractivity contribution >= 4 is 5.95 Å². The number of aryl methyl sites for hydroxylation is 1. The Bertz CT molecular complexity index is 435. The summed E-state index contributed by atoms with van der Waals surface area (Å²) in [6, 6.07) is 6.08. The first kappa shape index (κ1) is 10.7. The van der Waals surface area contributed by atoms with Gasteiger partial charge in [0.15, 0.2) is 0 Å². The Balaban J connectivity index is 2.11. The van der Waals surface area contributed by atoms with E-state index in [4.69, 9.17) is 0 Å². The number of hydrogen-bond donors (Lipinski definition) is 1. The fraction of sp³-hybridized carbons (Fsp3) is 0.333. The molecule has 0 aliphatic heterocycles. The number of hydrogen-bond acceptors (Lipinski definition) is 3. The molecule has 0 fully saturated rings. The van der Waals surface area contributed by atoms with Crippen molar-refractivity contribution in [2.75, 3.05) is 5.32 Å². The van der Waals surface area contributed by atoms with Gasteiger partial charge in [0.25, 0.3) is 0 Å². The van der Waals surface area contributed by atoms with Crippen LogP contribution in [-0.2, 0) is 6.54 Å². The van der Waals surface area contributed by atoms with Gasteiger partial charge >= 0.3 is 0 Å². The molecule has 2 aromatic rings.